The number of thiazole rings is 1. The van der Waals surface area contributed by atoms with Crippen LogP contribution >= 0.6 is 11.3 Å². The molecule has 1 saturated heterocycles. The van der Waals surface area contributed by atoms with Gasteiger partial charge in [-0.1, -0.05) is 24.3 Å². The molecule has 7 nitrogen and oxygen atoms in total. The third-order valence-electron chi connectivity index (χ3n) is 5.69. The van der Waals surface area contributed by atoms with E-state index in [-0.39, 0.29) is 29.7 Å². The molecule has 2 aliphatic heterocycles. The first kappa shape index (κ1) is 20.1. The summed E-state index contributed by atoms with van der Waals surface area (Å²) in [6, 6.07) is 14.9. The Morgan fingerprint density at radius 2 is 2.00 bits per heavy atom. The minimum Gasteiger partial charge on any atom is -0.342 e. The Labute approximate surface area is 184 Å². The summed E-state index contributed by atoms with van der Waals surface area (Å²) in [5.74, 6) is 0.619. The number of benzene rings is 2. The van der Waals surface area contributed by atoms with Gasteiger partial charge in [0.25, 0.3) is 10.0 Å². The van der Waals surface area contributed by atoms with Crippen molar-refractivity contribution in [3.05, 3.63) is 59.1 Å². The number of hydrogen-bond donors (Lipinski definition) is 1. The van der Waals surface area contributed by atoms with Gasteiger partial charge in [0.05, 0.1) is 26.7 Å². The number of nitrogens with zero attached hydrogens (tertiary/aromatic N) is 3. The van der Waals surface area contributed by atoms with Crippen LogP contribution in [0.5, 0.6) is 0 Å². The van der Waals surface area contributed by atoms with Gasteiger partial charge in [0.15, 0.2) is 0 Å². The summed E-state index contributed by atoms with van der Waals surface area (Å²) in [7, 11) is -3.56. The third kappa shape index (κ3) is 3.95. The molecule has 1 atom stereocenters. The summed E-state index contributed by atoms with van der Waals surface area (Å²) in [5, 5.41) is 1.09. The highest BCUT2D eigenvalue weighted by Crippen LogP contribution is 2.33. The zero-order valence-electron chi connectivity index (χ0n) is 16.8. The standard InChI is InChI=1S/C22H22N4O3S2/c27-20(11-12-23-21-16-7-1-4-10-19(16)31(28,29)25-21)26-13-5-6-15(14-26)22-24-17-8-2-3-9-18(17)30-22/h1-4,7-10,15H,5-6,11-14H2,(H,23,25)/t15-/m1/s1. The van der Waals surface area contributed by atoms with E-state index < -0.39 is 10.0 Å². The maximum atomic E-state index is 12.8. The van der Waals surface area contributed by atoms with E-state index in [4.69, 9.17) is 4.98 Å². The van der Waals surface area contributed by atoms with Crippen LogP contribution in [0.25, 0.3) is 10.2 Å². The number of para-hydroxylation sites is 1. The molecule has 1 aromatic heterocycles. The third-order valence-corrected chi connectivity index (χ3v) is 8.29. The number of piperidine rings is 1. The quantitative estimate of drug-likeness (QED) is 0.656. The van der Waals surface area contributed by atoms with Crippen LogP contribution in [0.2, 0.25) is 0 Å². The summed E-state index contributed by atoms with van der Waals surface area (Å²) >= 11 is 1.71. The largest absolute Gasteiger partial charge is 0.342 e. The molecule has 0 aliphatic carbocycles. The summed E-state index contributed by atoms with van der Waals surface area (Å²) < 4.78 is 28.0. The monoisotopic (exact) mass is 454 g/mol. The number of rotatable bonds is 4. The van der Waals surface area contributed by atoms with Crippen LogP contribution in [0.4, 0.5) is 0 Å². The number of carbonyl (C=O) groups is 1. The first-order valence-electron chi connectivity index (χ1n) is 10.3. The van der Waals surface area contributed by atoms with Gasteiger partial charge in [-0.3, -0.25) is 14.5 Å². The minimum absolute atomic E-state index is 0.0456. The normalized spacial score (nSPS) is 21.2. The Hall–Kier alpha value is -2.78. The fourth-order valence-corrected chi connectivity index (χ4v) is 6.49. The molecule has 1 amide bonds. The number of amidine groups is 1. The highest BCUT2D eigenvalue weighted by atomic mass is 32.2. The first-order chi connectivity index (χ1) is 15.0. The van der Waals surface area contributed by atoms with Gasteiger partial charge in [0.1, 0.15) is 5.84 Å². The molecule has 5 rings (SSSR count). The molecule has 0 saturated carbocycles. The van der Waals surface area contributed by atoms with Crippen LogP contribution in [0.3, 0.4) is 0 Å². The lowest BCUT2D eigenvalue weighted by Crippen LogP contribution is -2.39. The Morgan fingerprint density at radius 3 is 2.87 bits per heavy atom. The van der Waals surface area contributed by atoms with Crippen molar-refractivity contribution in [3.63, 3.8) is 0 Å². The van der Waals surface area contributed by atoms with E-state index in [1.165, 1.54) is 4.70 Å². The highest BCUT2D eigenvalue weighted by molar-refractivity contribution is 7.90. The molecule has 1 fully saturated rings. The average molecular weight is 455 g/mol. The van der Waals surface area contributed by atoms with Gasteiger partial charge in [-0.05, 0) is 37.1 Å². The van der Waals surface area contributed by atoms with Crippen molar-refractivity contribution in [1.29, 1.82) is 0 Å². The van der Waals surface area contributed by atoms with Crippen LogP contribution in [-0.4, -0.2) is 49.7 Å². The lowest BCUT2D eigenvalue weighted by Gasteiger charge is -2.31. The lowest BCUT2D eigenvalue weighted by molar-refractivity contribution is -0.132. The summed E-state index contributed by atoms with van der Waals surface area (Å²) in [4.78, 5) is 24.1. The number of hydrogen-bond acceptors (Lipinski definition) is 6. The van der Waals surface area contributed by atoms with Gasteiger partial charge in [-0.15, -0.1) is 11.3 Å². The summed E-state index contributed by atoms with van der Waals surface area (Å²) in [5.41, 5.74) is 1.57. The lowest BCUT2D eigenvalue weighted by atomic mass is 9.98. The van der Waals surface area contributed by atoms with Crippen molar-refractivity contribution in [2.75, 3.05) is 19.6 Å². The van der Waals surface area contributed by atoms with Crippen molar-refractivity contribution in [2.24, 2.45) is 4.99 Å². The highest BCUT2D eigenvalue weighted by Gasteiger charge is 2.30. The smallest absolute Gasteiger partial charge is 0.263 e. The summed E-state index contributed by atoms with van der Waals surface area (Å²) in [6.07, 6.45) is 2.23. The van der Waals surface area contributed by atoms with E-state index in [2.05, 4.69) is 15.8 Å². The van der Waals surface area contributed by atoms with Crippen molar-refractivity contribution >= 4 is 43.3 Å². The Balaban J connectivity index is 1.23. The van der Waals surface area contributed by atoms with Gasteiger partial charge in [0, 0.05) is 31.0 Å². The number of sulfonamides is 1. The van der Waals surface area contributed by atoms with Crippen LogP contribution in [0.15, 0.2) is 58.4 Å². The van der Waals surface area contributed by atoms with Crippen molar-refractivity contribution in [3.8, 4) is 0 Å². The van der Waals surface area contributed by atoms with Crippen LogP contribution in [0, 0.1) is 0 Å². The predicted molar refractivity (Wildman–Crippen MR) is 121 cm³/mol. The van der Waals surface area contributed by atoms with Gasteiger partial charge in [0.2, 0.25) is 5.91 Å². The molecule has 9 heteroatoms. The Kier molecular flexibility index (Phi) is 5.23. The first-order valence-corrected chi connectivity index (χ1v) is 12.6. The molecule has 0 radical (unpaired) electrons. The number of carbonyl (C=O) groups excluding carboxylic acids is 1. The molecule has 3 aromatic rings. The van der Waals surface area contributed by atoms with E-state index >= 15 is 0 Å². The Bertz CT molecular complexity index is 1250. The molecular weight excluding hydrogens is 432 g/mol. The zero-order valence-corrected chi connectivity index (χ0v) is 18.5. The van der Waals surface area contributed by atoms with E-state index in [0.29, 0.717) is 17.9 Å². The fourth-order valence-electron chi connectivity index (χ4n) is 4.14. The number of aliphatic imine (C=N–C) groups is 1. The molecule has 0 spiro atoms. The van der Waals surface area contributed by atoms with E-state index in [9.17, 15) is 13.2 Å². The second-order valence-corrected chi connectivity index (χ2v) is 10.5. The maximum Gasteiger partial charge on any atom is 0.263 e. The predicted octanol–water partition coefficient (Wildman–Crippen LogP) is 3.13. The van der Waals surface area contributed by atoms with E-state index in [1.807, 2.05) is 23.1 Å². The van der Waals surface area contributed by atoms with Crippen LogP contribution in [-0.2, 0) is 14.8 Å². The molecule has 1 N–H and O–H groups in total. The van der Waals surface area contributed by atoms with E-state index in [1.54, 1.807) is 35.6 Å². The maximum absolute atomic E-state index is 12.8. The number of nitrogens with one attached hydrogen (secondary N) is 1. The number of likely N-dealkylation sites (tertiary alicyclic amines) is 1. The van der Waals surface area contributed by atoms with Crippen LogP contribution < -0.4 is 4.72 Å². The second-order valence-electron chi connectivity index (χ2n) is 7.78. The van der Waals surface area contributed by atoms with Gasteiger partial charge in [-0.25, -0.2) is 13.4 Å². The molecule has 0 unspecified atom stereocenters. The second kappa shape index (κ2) is 8.05. The fraction of sp³-hybridized carbons (Fsp3) is 0.318. The SMILES string of the molecule is O=C(CCN=C1NS(=O)(=O)c2ccccc21)N1CCC[C@@H](c2nc3ccccc3s2)C1. The van der Waals surface area contributed by atoms with Gasteiger partial charge >= 0.3 is 0 Å². The number of aromatic nitrogens is 1. The molecular formula is C22H22N4O3S2. The van der Waals surface area contributed by atoms with Crippen molar-refractivity contribution < 1.29 is 13.2 Å². The number of amides is 1. The molecule has 0 bridgehead atoms. The molecule has 3 heterocycles. The minimum atomic E-state index is -3.56. The van der Waals surface area contributed by atoms with Crippen molar-refractivity contribution in [1.82, 2.24) is 14.6 Å². The molecule has 31 heavy (non-hydrogen) atoms. The average Bonchev–Trinajstić information content (AvgIpc) is 3.33. The van der Waals surface area contributed by atoms with Gasteiger partial charge in [-0.2, -0.15) is 0 Å². The van der Waals surface area contributed by atoms with Gasteiger partial charge < -0.3 is 4.90 Å². The van der Waals surface area contributed by atoms with E-state index in [0.717, 1.165) is 29.9 Å². The summed E-state index contributed by atoms with van der Waals surface area (Å²) in [6.45, 7) is 1.66. The number of fused-ring (bicyclic) bond motifs is 2. The van der Waals surface area contributed by atoms with Crippen molar-refractivity contribution in [2.45, 2.75) is 30.1 Å². The zero-order chi connectivity index (χ0) is 21.4. The molecule has 160 valence electrons. The Morgan fingerprint density at radius 1 is 1.19 bits per heavy atom. The topological polar surface area (TPSA) is 91.7 Å². The molecule has 2 aromatic carbocycles. The van der Waals surface area contributed by atoms with Crippen LogP contribution in [0.1, 0.15) is 35.8 Å². The molecule has 2 aliphatic rings.